The van der Waals surface area contributed by atoms with Crippen LogP contribution in [0.15, 0.2) is 57.9 Å². The number of hydrogen-bond acceptors (Lipinski definition) is 4. The van der Waals surface area contributed by atoms with Crippen molar-refractivity contribution in [1.29, 1.82) is 0 Å². The molecule has 0 bridgehead atoms. The molecule has 27 heavy (non-hydrogen) atoms. The second-order valence-corrected chi connectivity index (χ2v) is 8.98. The first kappa shape index (κ1) is 21.6. The van der Waals surface area contributed by atoms with Gasteiger partial charge in [-0.1, -0.05) is 47.0 Å². The molecule has 2 rings (SSSR count). The van der Waals surface area contributed by atoms with Crippen molar-refractivity contribution in [1.82, 2.24) is 4.72 Å². The van der Waals surface area contributed by atoms with Gasteiger partial charge in [-0.3, -0.25) is 0 Å². The number of benzene rings is 2. The summed E-state index contributed by atoms with van der Waals surface area (Å²) in [4.78, 5) is 12.3. The van der Waals surface area contributed by atoms with Gasteiger partial charge in [0.2, 0.25) is 10.0 Å². The predicted octanol–water partition coefficient (Wildman–Crippen LogP) is 4.45. The summed E-state index contributed by atoms with van der Waals surface area (Å²) in [5, 5.41) is 0. The molecular formula is C20H24BrNO4S. The molecular weight excluding hydrogens is 430 g/mol. The van der Waals surface area contributed by atoms with Crippen LogP contribution in [0.25, 0.3) is 0 Å². The largest absolute Gasteiger partial charge is 0.462 e. The van der Waals surface area contributed by atoms with E-state index in [0.717, 1.165) is 16.5 Å². The Hall–Kier alpha value is -1.70. The normalized spacial score (nSPS) is 12.6. The van der Waals surface area contributed by atoms with E-state index in [9.17, 15) is 13.2 Å². The Kier molecular flexibility index (Phi) is 8.01. The topological polar surface area (TPSA) is 72.5 Å². The quantitative estimate of drug-likeness (QED) is 0.569. The highest BCUT2D eigenvalue weighted by Gasteiger charge is 2.20. The molecule has 7 heteroatoms. The first-order valence-electron chi connectivity index (χ1n) is 8.83. The van der Waals surface area contributed by atoms with E-state index >= 15 is 0 Å². The standard InChI is InChI=1S/C20H24BrNO4S/c1-3-4-18(22-27(24,25)19-11-5-15(2)6-12-19)13-14-26-20(23)16-7-9-17(21)10-8-16/h5-12,18,22H,3-4,13-14H2,1-2H3/t18-/m0/s1. The highest BCUT2D eigenvalue weighted by Crippen LogP contribution is 2.14. The molecule has 0 fully saturated rings. The molecule has 0 spiro atoms. The van der Waals surface area contributed by atoms with E-state index in [2.05, 4.69) is 20.7 Å². The smallest absolute Gasteiger partial charge is 0.338 e. The Morgan fingerprint density at radius 3 is 2.30 bits per heavy atom. The Labute approximate surface area is 169 Å². The Morgan fingerprint density at radius 1 is 1.07 bits per heavy atom. The summed E-state index contributed by atoms with van der Waals surface area (Å²) in [5.41, 5.74) is 1.46. The molecule has 0 radical (unpaired) electrons. The second kappa shape index (κ2) is 10.0. The van der Waals surface area contributed by atoms with E-state index in [1.165, 1.54) is 0 Å². The van der Waals surface area contributed by atoms with E-state index in [-0.39, 0.29) is 17.5 Å². The molecule has 146 valence electrons. The number of carbonyl (C=O) groups excluding carboxylic acids is 1. The minimum absolute atomic E-state index is 0.149. The Balaban J connectivity index is 1.93. The van der Waals surface area contributed by atoms with Crippen LogP contribution >= 0.6 is 15.9 Å². The number of ether oxygens (including phenoxy) is 1. The van der Waals surface area contributed by atoms with Gasteiger partial charge < -0.3 is 4.74 Å². The highest BCUT2D eigenvalue weighted by atomic mass is 79.9. The van der Waals surface area contributed by atoms with Crippen molar-refractivity contribution >= 4 is 31.9 Å². The van der Waals surface area contributed by atoms with Crippen LogP contribution in [0.1, 0.15) is 42.1 Å². The molecule has 0 unspecified atom stereocenters. The van der Waals surface area contributed by atoms with Crippen LogP contribution in [0, 0.1) is 6.92 Å². The number of nitrogens with one attached hydrogen (secondary N) is 1. The van der Waals surface area contributed by atoms with Crippen molar-refractivity contribution in [3.8, 4) is 0 Å². The maximum atomic E-state index is 12.6. The van der Waals surface area contributed by atoms with Crippen LogP contribution in [-0.4, -0.2) is 27.0 Å². The average molecular weight is 454 g/mol. The fourth-order valence-corrected chi connectivity index (χ4v) is 4.15. The lowest BCUT2D eigenvalue weighted by atomic mass is 10.1. The van der Waals surface area contributed by atoms with Crippen LogP contribution in [0.2, 0.25) is 0 Å². The lowest BCUT2D eigenvalue weighted by Crippen LogP contribution is -2.35. The molecule has 0 aliphatic rings. The molecule has 0 aliphatic carbocycles. The first-order chi connectivity index (χ1) is 12.8. The number of sulfonamides is 1. The number of aryl methyl sites for hydroxylation is 1. The Morgan fingerprint density at radius 2 is 1.70 bits per heavy atom. The number of rotatable bonds is 9. The van der Waals surface area contributed by atoms with E-state index < -0.39 is 16.0 Å². The lowest BCUT2D eigenvalue weighted by molar-refractivity contribution is 0.0491. The van der Waals surface area contributed by atoms with Gasteiger partial charge in [0.25, 0.3) is 0 Å². The average Bonchev–Trinajstić information content (AvgIpc) is 2.62. The fraction of sp³-hybridized carbons (Fsp3) is 0.350. The summed E-state index contributed by atoms with van der Waals surface area (Å²) in [6.07, 6.45) is 1.91. The van der Waals surface area contributed by atoms with Crippen molar-refractivity contribution < 1.29 is 17.9 Å². The zero-order chi connectivity index (χ0) is 19.9. The molecule has 0 aromatic heterocycles. The highest BCUT2D eigenvalue weighted by molar-refractivity contribution is 9.10. The summed E-state index contributed by atoms with van der Waals surface area (Å²) in [7, 11) is -3.60. The van der Waals surface area contributed by atoms with E-state index in [1.54, 1.807) is 48.5 Å². The van der Waals surface area contributed by atoms with Gasteiger partial charge in [-0.25, -0.2) is 17.9 Å². The summed E-state index contributed by atoms with van der Waals surface area (Å²) in [5.74, 6) is -0.417. The van der Waals surface area contributed by atoms with Crippen LogP contribution in [0.4, 0.5) is 0 Å². The molecule has 0 saturated carbocycles. The van der Waals surface area contributed by atoms with Gasteiger partial charge >= 0.3 is 5.97 Å². The van der Waals surface area contributed by atoms with Gasteiger partial charge in [-0.2, -0.15) is 0 Å². The molecule has 2 aromatic rings. The molecule has 0 amide bonds. The van der Waals surface area contributed by atoms with Crippen molar-refractivity contribution in [2.75, 3.05) is 6.61 Å². The fourth-order valence-electron chi connectivity index (χ4n) is 2.58. The molecule has 0 aliphatic heterocycles. The van der Waals surface area contributed by atoms with Crippen LogP contribution in [0.3, 0.4) is 0 Å². The van der Waals surface area contributed by atoms with Gasteiger partial charge in [0.05, 0.1) is 17.1 Å². The molecule has 0 heterocycles. The third-order valence-corrected chi connectivity index (χ3v) is 6.13. The molecule has 1 N–H and O–H groups in total. The summed E-state index contributed by atoms with van der Waals surface area (Å²) in [6, 6.07) is 13.3. The predicted molar refractivity (Wildman–Crippen MR) is 109 cm³/mol. The van der Waals surface area contributed by atoms with Crippen LogP contribution in [0.5, 0.6) is 0 Å². The van der Waals surface area contributed by atoms with Gasteiger partial charge in [0.15, 0.2) is 0 Å². The van der Waals surface area contributed by atoms with E-state index in [1.807, 2.05) is 13.8 Å². The van der Waals surface area contributed by atoms with Crippen molar-refractivity contribution in [2.24, 2.45) is 0 Å². The number of esters is 1. The summed E-state index contributed by atoms with van der Waals surface area (Å²) < 4.78 is 34.0. The van der Waals surface area contributed by atoms with Crippen molar-refractivity contribution in [2.45, 2.75) is 44.0 Å². The number of hydrogen-bond donors (Lipinski definition) is 1. The Bertz CT molecular complexity index is 849. The summed E-state index contributed by atoms with van der Waals surface area (Å²) in [6.45, 7) is 4.04. The number of carbonyl (C=O) groups is 1. The minimum atomic E-state index is -3.60. The van der Waals surface area contributed by atoms with Gasteiger partial charge in [-0.15, -0.1) is 0 Å². The maximum Gasteiger partial charge on any atom is 0.338 e. The van der Waals surface area contributed by atoms with Crippen LogP contribution in [-0.2, 0) is 14.8 Å². The molecule has 5 nitrogen and oxygen atoms in total. The van der Waals surface area contributed by atoms with Crippen LogP contribution < -0.4 is 4.72 Å². The third-order valence-electron chi connectivity index (χ3n) is 4.07. The van der Waals surface area contributed by atoms with Gasteiger partial charge in [0, 0.05) is 10.5 Å². The molecule has 2 aromatic carbocycles. The number of halogens is 1. The molecule has 0 saturated heterocycles. The monoisotopic (exact) mass is 453 g/mol. The second-order valence-electron chi connectivity index (χ2n) is 6.35. The van der Waals surface area contributed by atoms with Crippen molar-refractivity contribution in [3.05, 3.63) is 64.1 Å². The van der Waals surface area contributed by atoms with E-state index in [0.29, 0.717) is 18.4 Å². The van der Waals surface area contributed by atoms with E-state index in [4.69, 9.17) is 4.74 Å². The lowest BCUT2D eigenvalue weighted by Gasteiger charge is -2.18. The maximum absolute atomic E-state index is 12.6. The SMILES string of the molecule is CCC[C@@H](CCOC(=O)c1ccc(Br)cc1)NS(=O)(=O)c1ccc(C)cc1. The third kappa shape index (κ3) is 6.75. The van der Waals surface area contributed by atoms with Crippen molar-refractivity contribution in [3.63, 3.8) is 0 Å². The zero-order valence-electron chi connectivity index (χ0n) is 15.4. The molecule has 1 atom stereocenters. The first-order valence-corrected chi connectivity index (χ1v) is 11.1. The van der Waals surface area contributed by atoms with Gasteiger partial charge in [0.1, 0.15) is 0 Å². The minimum Gasteiger partial charge on any atom is -0.462 e. The van der Waals surface area contributed by atoms with Gasteiger partial charge in [-0.05, 0) is 56.2 Å². The zero-order valence-corrected chi connectivity index (χ0v) is 17.8. The summed E-state index contributed by atoms with van der Waals surface area (Å²) >= 11 is 3.32.